The van der Waals surface area contributed by atoms with E-state index in [-0.39, 0.29) is 10.7 Å². The van der Waals surface area contributed by atoms with Crippen LogP contribution in [0.2, 0.25) is 0 Å². The maximum Gasteiger partial charge on any atom is 0.226 e. The summed E-state index contributed by atoms with van der Waals surface area (Å²) in [7, 11) is 3.47. The number of amides is 1. The van der Waals surface area contributed by atoms with Crippen molar-refractivity contribution >= 4 is 21.8 Å². The van der Waals surface area contributed by atoms with Crippen LogP contribution in [0.15, 0.2) is 30.3 Å². The molecule has 94 valence electrons. The zero-order valence-corrected chi connectivity index (χ0v) is 11.8. The van der Waals surface area contributed by atoms with Crippen molar-refractivity contribution in [3.63, 3.8) is 0 Å². The Morgan fingerprint density at radius 2 is 2.06 bits per heavy atom. The van der Waals surface area contributed by atoms with Crippen LogP contribution in [0.4, 0.5) is 0 Å². The number of alkyl halides is 1. The zero-order chi connectivity index (χ0) is 12.7. The molecule has 0 aliphatic carbocycles. The van der Waals surface area contributed by atoms with Gasteiger partial charge in [-0.1, -0.05) is 46.3 Å². The molecule has 0 heterocycles. The number of carbonyl (C=O) groups is 1. The van der Waals surface area contributed by atoms with Gasteiger partial charge in [0, 0.05) is 20.7 Å². The molecule has 4 heteroatoms. The molecule has 0 aromatic heterocycles. The average molecular weight is 300 g/mol. The first-order valence-corrected chi connectivity index (χ1v) is 6.46. The lowest BCUT2D eigenvalue weighted by Crippen LogP contribution is -2.34. The Morgan fingerprint density at radius 1 is 1.41 bits per heavy atom. The van der Waals surface area contributed by atoms with Crippen LogP contribution in [0.5, 0.6) is 0 Å². The van der Waals surface area contributed by atoms with E-state index in [1.807, 2.05) is 37.4 Å². The smallest absolute Gasteiger partial charge is 0.226 e. The third kappa shape index (κ3) is 5.33. The Kier molecular flexibility index (Phi) is 6.22. The predicted octanol–water partition coefficient (Wildman–Crippen LogP) is 2.10. The van der Waals surface area contributed by atoms with Crippen molar-refractivity contribution in [1.82, 2.24) is 4.90 Å². The molecule has 0 saturated heterocycles. The highest BCUT2D eigenvalue weighted by Crippen LogP contribution is 2.06. The van der Waals surface area contributed by atoms with E-state index in [1.54, 1.807) is 12.0 Å². The number of methoxy groups -OCH3 is 1. The van der Waals surface area contributed by atoms with Crippen LogP contribution >= 0.6 is 15.9 Å². The van der Waals surface area contributed by atoms with Gasteiger partial charge in [0.05, 0.1) is 17.9 Å². The van der Waals surface area contributed by atoms with Gasteiger partial charge in [-0.25, -0.2) is 0 Å². The summed E-state index contributed by atoms with van der Waals surface area (Å²) in [6, 6.07) is 9.77. The van der Waals surface area contributed by atoms with Gasteiger partial charge in [0.15, 0.2) is 0 Å². The highest BCUT2D eigenvalue weighted by molar-refractivity contribution is 9.09. The third-order valence-electron chi connectivity index (χ3n) is 2.44. The maximum absolute atomic E-state index is 11.9. The van der Waals surface area contributed by atoms with Crippen molar-refractivity contribution in [2.24, 2.45) is 0 Å². The number of rotatable bonds is 6. The second-order valence-corrected chi connectivity index (χ2v) is 5.28. The van der Waals surface area contributed by atoms with Crippen LogP contribution in [0.3, 0.4) is 0 Å². The molecular weight excluding hydrogens is 282 g/mol. The average Bonchev–Trinajstić information content (AvgIpc) is 2.30. The molecule has 1 atom stereocenters. The fourth-order valence-electron chi connectivity index (χ4n) is 1.54. The van der Waals surface area contributed by atoms with Gasteiger partial charge in [0.1, 0.15) is 0 Å². The summed E-state index contributed by atoms with van der Waals surface area (Å²) in [4.78, 5) is 13.8. The SMILES string of the molecule is COCC(Br)CN(C)C(=O)Cc1ccccc1. The van der Waals surface area contributed by atoms with Crippen LogP contribution in [0, 0.1) is 0 Å². The standard InChI is InChI=1S/C13H18BrNO2/c1-15(9-12(14)10-17-2)13(16)8-11-6-4-3-5-7-11/h3-7,12H,8-10H2,1-2H3. The van der Waals surface area contributed by atoms with E-state index in [2.05, 4.69) is 15.9 Å². The van der Waals surface area contributed by atoms with Crippen molar-refractivity contribution in [3.05, 3.63) is 35.9 Å². The van der Waals surface area contributed by atoms with Crippen molar-refractivity contribution in [3.8, 4) is 0 Å². The summed E-state index contributed by atoms with van der Waals surface area (Å²) >= 11 is 3.47. The van der Waals surface area contributed by atoms with Crippen molar-refractivity contribution in [1.29, 1.82) is 0 Å². The normalized spacial score (nSPS) is 12.2. The molecule has 0 spiro atoms. The molecule has 0 radical (unpaired) electrons. The Bertz CT molecular complexity index is 343. The molecule has 1 unspecified atom stereocenters. The van der Waals surface area contributed by atoms with Crippen LogP contribution in [0.1, 0.15) is 5.56 Å². The summed E-state index contributed by atoms with van der Waals surface area (Å²) in [5, 5.41) is 0. The second-order valence-electron chi connectivity index (χ2n) is 3.99. The Balaban J connectivity index is 2.42. The van der Waals surface area contributed by atoms with E-state index in [0.29, 0.717) is 19.6 Å². The Hall–Kier alpha value is -0.870. The highest BCUT2D eigenvalue weighted by atomic mass is 79.9. The lowest BCUT2D eigenvalue weighted by Gasteiger charge is -2.20. The monoisotopic (exact) mass is 299 g/mol. The van der Waals surface area contributed by atoms with Crippen molar-refractivity contribution < 1.29 is 9.53 Å². The topological polar surface area (TPSA) is 29.5 Å². The maximum atomic E-state index is 11.9. The van der Waals surface area contributed by atoms with Crippen LogP contribution in [0.25, 0.3) is 0 Å². The van der Waals surface area contributed by atoms with Gasteiger partial charge in [-0.05, 0) is 5.56 Å². The zero-order valence-electron chi connectivity index (χ0n) is 10.2. The molecule has 17 heavy (non-hydrogen) atoms. The number of carbonyl (C=O) groups excluding carboxylic acids is 1. The number of hydrogen-bond donors (Lipinski definition) is 0. The third-order valence-corrected chi connectivity index (χ3v) is 3.00. The lowest BCUT2D eigenvalue weighted by atomic mass is 10.1. The summed E-state index contributed by atoms with van der Waals surface area (Å²) in [5.41, 5.74) is 1.04. The molecule has 0 saturated carbocycles. The molecule has 0 aliphatic rings. The van der Waals surface area contributed by atoms with Gasteiger partial charge in [0.2, 0.25) is 5.91 Å². The van der Waals surface area contributed by atoms with E-state index >= 15 is 0 Å². The fraction of sp³-hybridized carbons (Fsp3) is 0.462. The number of halogens is 1. The first-order chi connectivity index (χ1) is 8.13. The Labute approximate surface area is 111 Å². The molecule has 3 nitrogen and oxygen atoms in total. The van der Waals surface area contributed by atoms with E-state index < -0.39 is 0 Å². The quantitative estimate of drug-likeness (QED) is 0.753. The first kappa shape index (κ1) is 14.2. The van der Waals surface area contributed by atoms with E-state index in [1.165, 1.54) is 0 Å². The van der Waals surface area contributed by atoms with Gasteiger partial charge < -0.3 is 9.64 Å². The minimum atomic E-state index is 0.122. The molecule has 1 aromatic carbocycles. The van der Waals surface area contributed by atoms with E-state index in [4.69, 9.17) is 4.74 Å². The van der Waals surface area contributed by atoms with Crippen LogP contribution in [-0.4, -0.2) is 42.9 Å². The number of hydrogen-bond acceptors (Lipinski definition) is 2. The molecule has 0 fully saturated rings. The van der Waals surface area contributed by atoms with Gasteiger partial charge in [0.25, 0.3) is 0 Å². The van der Waals surface area contributed by atoms with E-state index in [0.717, 1.165) is 5.56 Å². The lowest BCUT2D eigenvalue weighted by molar-refractivity contribution is -0.129. The Morgan fingerprint density at radius 3 is 2.65 bits per heavy atom. The largest absolute Gasteiger partial charge is 0.383 e. The van der Waals surface area contributed by atoms with Gasteiger partial charge >= 0.3 is 0 Å². The minimum absolute atomic E-state index is 0.122. The minimum Gasteiger partial charge on any atom is -0.383 e. The van der Waals surface area contributed by atoms with Crippen molar-refractivity contribution in [2.45, 2.75) is 11.2 Å². The van der Waals surface area contributed by atoms with Crippen LogP contribution in [-0.2, 0) is 16.0 Å². The number of benzene rings is 1. The summed E-state index contributed by atoms with van der Waals surface area (Å²) in [5.74, 6) is 0.122. The molecule has 1 aromatic rings. The molecular formula is C13H18BrNO2. The summed E-state index contributed by atoms with van der Waals surface area (Å²) in [6.45, 7) is 1.25. The van der Waals surface area contributed by atoms with Gasteiger partial charge in [-0.2, -0.15) is 0 Å². The first-order valence-electron chi connectivity index (χ1n) is 5.54. The predicted molar refractivity (Wildman–Crippen MR) is 72.4 cm³/mol. The van der Waals surface area contributed by atoms with E-state index in [9.17, 15) is 4.79 Å². The molecule has 1 rings (SSSR count). The number of ether oxygens (including phenoxy) is 1. The number of nitrogens with zero attached hydrogens (tertiary/aromatic N) is 1. The van der Waals surface area contributed by atoms with Gasteiger partial charge in [-0.3, -0.25) is 4.79 Å². The highest BCUT2D eigenvalue weighted by Gasteiger charge is 2.13. The van der Waals surface area contributed by atoms with Crippen molar-refractivity contribution in [2.75, 3.05) is 27.3 Å². The second kappa shape index (κ2) is 7.45. The summed E-state index contributed by atoms with van der Waals surface area (Å²) in [6.07, 6.45) is 0.448. The fourth-order valence-corrected chi connectivity index (χ4v) is 2.24. The number of likely N-dealkylation sites (N-methyl/N-ethyl adjacent to an activating group) is 1. The summed E-state index contributed by atoms with van der Waals surface area (Å²) < 4.78 is 5.02. The molecule has 0 N–H and O–H groups in total. The molecule has 0 bridgehead atoms. The molecule has 1 amide bonds. The van der Waals surface area contributed by atoms with Gasteiger partial charge in [-0.15, -0.1) is 0 Å². The van der Waals surface area contributed by atoms with Crippen LogP contribution < -0.4 is 0 Å². The molecule has 0 aliphatic heterocycles.